The summed E-state index contributed by atoms with van der Waals surface area (Å²) < 4.78 is 23.2. The Morgan fingerprint density at radius 1 is 1.06 bits per heavy atom. The van der Waals surface area contributed by atoms with E-state index in [0.717, 1.165) is 31.3 Å². The fourth-order valence-corrected chi connectivity index (χ4v) is 6.73. The molecule has 0 radical (unpaired) electrons. The quantitative estimate of drug-likeness (QED) is 0.308. The number of hydrogen-bond donors (Lipinski definition) is 0. The van der Waals surface area contributed by atoms with Crippen LogP contribution >= 0.6 is 0 Å². The maximum absolute atomic E-state index is 12.1. The van der Waals surface area contributed by atoms with Crippen LogP contribution in [0.5, 0.6) is 0 Å². The predicted molar refractivity (Wildman–Crippen MR) is 121 cm³/mol. The van der Waals surface area contributed by atoms with Crippen molar-refractivity contribution in [3.63, 3.8) is 0 Å². The molecule has 2 aliphatic carbocycles. The molecule has 1 spiro atoms. The summed E-state index contributed by atoms with van der Waals surface area (Å²) in [5, 5.41) is 0. The van der Waals surface area contributed by atoms with Crippen LogP contribution in [0.4, 0.5) is 0 Å². The van der Waals surface area contributed by atoms with E-state index in [0.29, 0.717) is 18.8 Å². The zero-order valence-electron chi connectivity index (χ0n) is 20.6. The summed E-state index contributed by atoms with van der Waals surface area (Å²) in [5.74, 6) is -1.06. The highest BCUT2D eigenvalue weighted by Gasteiger charge is 2.70. The second kappa shape index (κ2) is 9.61. The van der Waals surface area contributed by atoms with Crippen LogP contribution in [0.3, 0.4) is 0 Å². The van der Waals surface area contributed by atoms with Crippen LogP contribution in [0.25, 0.3) is 0 Å². The first-order valence-corrected chi connectivity index (χ1v) is 11.9. The molecule has 33 heavy (non-hydrogen) atoms. The van der Waals surface area contributed by atoms with Crippen molar-refractivity contribution < 1.29 is 33.3 Å². The summed E-state index contributed by atoms with van der Waals surface area (Å²) in [6, 6.07) is 0. The fourth-order valence-electron chi connectivity index (χ4n) is 6.73. The Hall–Kier alpha value is -2.15. The SMILES string of the molecule is C=CC(=C)CC[C@]1(C)[C@H](C)CC[C@@]23[C@@H](OC(C)=O)O[C@H](OC(C)=O)[C@@H]2C[C@H](OC(C)=O)C[C@@H]13. The van der Waals surface area contributed by atoms with Gasteiger partial charge in [-0.3, -0.25) is 14.4 Å². The Balaban J connectivity index is 2.09. The largest absolute Gasteiger partial charge is 0.463 e. The standard InChI is InChI=1S/C26H38O7/c1-8-15(2)9-11-25(7)16(3)10-12-26-21(13-20(14-22(25)26)30-17(4)27)23(31-18(5)28)33-24(26)32-19(6)29/h8,16,20-24H,1-2,9-14H2,3-7H3/t16-,20+,21+,22+,23+,24+,25-,26-/m1/s1. The predicted octanol–water partition coefficient (Wildman–Crippen LogP) is 4.70. The third-order valence-corrected chi connectivity index (χ3v) is 8.47. The highest BCUT2D eigenvalue weighted by molar-refractivity contribution is 5.67. The topological polar surface area (TPSA) is 88.1 Å². The van der Waals surface area contributed by atoms with Gasteiger partial charge in [0.25, 0.3) is 0 Å². The Labute approximate surface area is 196 Å². The normalized spacial score (nSPS) is 39.5. The second-order valence-corrected chi connectivity index (χ2v) is 10.3. The fraction of sp³-hybridized carbons (Fsp3) is 0.731. The lowest BCUT2D eigenvalue weighted by atomic mass is 9.44. The molecule has 0 aromatic rings. The molecule has 1 aliphatic heterocycles. The first kappa shape index (κ1) is 25.5. The molecule has 7 heteroatoms. The number of rotatable bonds is 7. The maximum atomic E-state index is 12.1. The minimum absolute atomic E-state index is 0.0272. The van der Waals surface area contributed by atoms with E-state index in [2.05, 4.69) is 27.0 Å². The highest BCUT2D eigenvalue weighted by Crippen LogP contribution is 2.68. The molecule has 8 atom stereocenters. The van der Waals surface area contributed by atoms with Crippen molar-refractivity contribution in [1.29, 1.82) is 0 Å². The van der Waals surface area contributed by atoms with Gasteiger partial charge in [-0.05, 0) is 55.8 Å². The van der Waals surface area contributed by atoms with Crippen LogP contribution in [0.2, 0.25) is 0 Å². The van der Waals surface area contributed by atoms with Crippen molar-refractivity contribution in [2.45, 2.75) is 91.8 Å². The van der Waals surface area contributed by atoms with E-state index in [1.807, 2.05) is 0 Å². The van der Waals surface area contributed by atoms with Gasteiger partial charge >= 0.3 is 17.9 Å². The lowest BCUT2D eigenvalue weighted by Gasteiger charge is -2.61. The van der Waals surface area contributed by atoms with Crippen LogP contribution in [-0.2, 0) is 33.3 Å². The van der Waals surface area contributed by atoms with Crippen LogP contribution in [0.1, 0.15) is 73.1 Å². The van der Waals surface area contributed by atoms with Gasteiger partial charge in [0.2, 0.25) is 12.6 Å². The molecule has 184 valence electrons. The Kier molecular flexibility index (Phi) is 7.42. The van der Waals surface area contributed by atoms with Gasteiger partial charge in [-0.2, -0.15) is 0 Å². The molecule has 3 fully saturated rings. The van der Waals surface area contributed by atoms with Gasteiger partial charge in [0.1, 0.15) is 6.10 Å². The molecule has 1 saturated heterocycles. The maximum Gasteiger partial charge on any atom is 0.304 e. The summed E-state index contributed by atoms with van der Waals surface area (Å²) in [7, 11) is 0. The number of hydrogen-bond acceptors (Lipinski definition) is 7. The number of ether oxygens (including phenoxy) is 4. The van der Waals surface area contributed by atoms with Crippen LogP contribution in [0.15, 0.2) is 24.8 Å². The molecule has 7 nitrogen and oxygen atoms in total. The van der Waals surface area contributed by atoms with Gasteiger partial charge < -0.3 is 18.9 Å². The van der Waals surface area contributed by atoms with Gasteiger partial charge in [-0.1, -0.05) is 38.7 Å². The minimum atomic E-state index is -0.853. The first-order chi connectivity index (χ1) is 15.4. The first-order valence-electron chi connectivity index (χ1n) is 11.9. The van der Waals surface area contributed by atoms with E-state index >= 15 is 0 Å². The molecular formula is C26H38O7. The lowest BCUT2D eigenvalue weighted by molar-refractivity contribution is -0.238. The summed E-state index contributed by atoms with van der Waals surface area (Å²) in [4.78, 5) is 35.8. The number of carbonyl (C=O) groups excluding carboxylic acids is 3. The zero-order valence-corrected chi connectivity index (χ0v) is 20.6. The molecule has 0 amide bonds. The molecule has 0 N–H and O–H groups in total. The molecule has 3 aliphatic rings. The monoisotopic (exact) mass is 462 g/mol. The molecule has 2 saturated carbocycles. The van der Waals surface area contributed by atoms with Crippen LogP contribution < -0.4 is 0 Å². The van der Waals surface area contributed by atoms with Crippen molar-refractivity contribution in [2.75, 3.05) is 0 Å². The summed E-state index contributed by atoms with van der Waals surface area (Å²) in [6.07, 6.45) is 4.31. The molecule has 0 aromatic carbocycles. The highest BCUT2D eigenvalue weighted by atomic mass is 16.8. The molecule has 1 heterocycles. The summed E-state index contributed by atoms with van der Waals surface area (Å²) >= 11 is 0. The Morgan fingerprint density at radius 3 is 2.27 bits per heavy atom. The Bertz CT molecular complexity index is 819. The number of allylic oxidation sites excluding steroid dienone is 2. The van der Waals surface area contributed by atoms with E-state index in [9.17, 15) is 14.4 Å². The van der Waals surface area contributed by atoms with E-state index in [4.69, 9.17) is 18.9 Å². The third-order valence-electron chi connectivity index (χ3n) is 8.47. The lowest BCUT2D eigenvalue weighted by Crippen LogP contribution is -2.60. The molecular weight excluding hydrogens is 424 g/mol. The van der Waals surface area contributed by atoms with Crippen molar-refractivity contribution in [1.82, 2.24) is 0 Å². The summed E-state index contributed by atoms with van der Waals surface area (Å²) in [5.41, 5.74) is 0.289. The molecule has 0 aromatic heterocycles. The van der Waals surface area contributed by atoms with Crippen molar-refractivity contribution in [2.24, 2.45) is 28.6 Å². The van der Waals surface area contributed by atoms with Gasteiger partial charge in [-0.15, -0.1) is 0 Å². The minimum Gasteiger partial charge on any atom is -0.463 e. The molecule has 0 bridgehead atoms. The van der Waals surface area contributed by atoms with Crippen molar-refractivity contribution in [3.05, 3.63) is 24.8 Å². The third kappa shape index (κ3) is 4.75. The van der Waals surface area contributed by atoms with E-state index in [1.165, 1.54) is 20.8 Å². The second-order valence-electron chi connectivity index (χ2n) is 10.3. The summed E-state index contributed by atoms with van der Waals surface area (Å²) in [6.45, 7) is 16.6. The van der Waals surface area contributed by atoms with Gasteiger partial charge in [-0.25, -0.2) is 0 Å². The average Bonchev–Trinajstić information content (AvgIpc) is 2.99. The van der Waals surface area contributed by atoms with Gasteiger partial charge in [0.05, 0.1) is 0 Å². The van der Waals surface area contributed by atoms with Gasteiger partial charge in [0.15, 0.2) is 0 Å². The van der Waals surface area contributed by atoms with E-state index in [-0.39, 0.29) is 29.3 Å². The van der Waals surface area contributed by atoms with Crippen molar-refractivity contribution >= 4 is 17.9 Å². The zero-order chi connectivity index (χ0) is 24.6. The molecule has 3 rings (SSSR count). The van der Waals surface area contributed by atoms with Crippen LogP contribution in [-0.4, -0.2) is 36.6 Å². The number of carbonyl (C=O) groups is 3. The average molecular weight is 463 g/mol. The van der Waals surface area contributed by atoms with Crippen LogP contribution in [0, 0.1) is 28.6 Å². The smallest absolute Gasteiger partial charge is 0.304 e. The van der Waals surface area contributed by atoms with Gasteiger partial charge in [0, 0.05) is 32.1 Å². The van der Waals surface area contributed by atoms with E-state index < -0.39 is 29.9 Å². The van der Waals surface area contributed by atoms with E-state index in [1.54, 1.807) is 6.08 Å². The molecule has 0 unspecified atom stereocenters. The van der Waals surface area contributed by atoms with Crippen molar-refractivity contribution in [3.8, 4) is 0 Å². The Morgan fingerprint density at radius 2 is 1.70 bits per heavy atom. The number of esters is 3.